The van der Waals surface area contributed by atoms with Crippen LogP contribution in [-0.4, -0.2) is 45.9 Å². The molecule has 0 bridgehead atoms. The highest BCUT2D eigenvalue weighted by Gasteiger charge is 2.38. The maximum atomic E-state index is 12.2. The molecule has 1 aliphatic rings. The molecule has 0 aliphatic carbocycles. The average molecular weight is 305 g/mol. The van der Waals surface area contributed by atoms with Gasteiger partial charge in [0, 0.05) is 31.9 Å². The van der Waals surface area contributed by atoms with Gasteiger partial charge in [0.15, 0.2) is 0 Å². The second kappa shape index (κ2) is 5.47. The molecular weight excluding hydrogens is 290 g/mol. The topological polar surface area (TPSA) is 104 Å². The van der Waals surface area contributed by atoms with Crippen LogP contribution in [0, 0.1) is 10.1 Å². The van der Waals surface area contributed by atoms with Gasteiger partial charge in [-0.05, 0) is 12.5 Å². The first-order valence-electron chi connectivity index (χ1n) is 6.44. The maximum Gasteiger partial charge on any atom is 0.335 e. The van der Waals surface area contributed by atoms with E-state index in [1.807, 2.05) is 0 Å². The minimum atomic E-state index is -1.17. The van der Waals surface area contributed by atoms with Crippen LogP contribution in [0.5, 0.6) is 0 Å². The van der Waals surface area contributed by atoms with Crippen LogP contribution < -0.4 is 0 Å². The van der Waals surface area contributed by atoms with Crippen molar-refractivity contribution in [1.82, 2.24) is 9.80 Å². The Labute approximate surface area is 126 Å². The van der Waals surface area contributed by atoms with Crippen molar-refractivity contribution in [3.05, 3.63) is 51.2 Å². The molecule has 0 fully saturated rings. The van der Waals surface area contributed by atoms with Crippen molar-refractivity contribution in [3.63, 3.8) is 0 Å². The molecule has 0 unspecified atom stereocenters. The normalized spacial score (nSPS) is 18.7. The van der Waals surface area contributed by atoms with E-state index in [-0.39, 0.29) is 17.3 Å². The molecule has 2 rings (SSSR count). The molecule has 0 spiro atoms. The van der Waals surface area contributed by atoms with Crippen LogP contribution in [0.15, 0.2) is 35.5 Å². The van der Waals surface area contributed by atoms with Crippen LogP contribution in [-0.2, 0) is 4.79 Å². The van der Waals surface area contributed by atoms with Crippen LogP contribution in [0.1, 0.15) is 18.5 Å². The molecule has 1 aromatic rings. The molecule has 0 radical (unpaired) electrons. The Morgan fingerprint density at radius 3 is 2.55 bits per heavy atom. The van der Waals surface area contributed by atoms with Gasteiger partial charge < -0.3 is 14.9 Å². The summed E-state index contributed by atoms with van der Waals surface area (Å²) < 4.78 is 0. The van der Waals surface area contributed by atoms with Crippen LogP contribution in [0.3, 0.4) is 0 Å². The molecule has 0 saturated carbocycles. The SMILES string of the molecule is CC1=C(C(=O)O)[C@@H](c2cccc([N+](=O)[O-])c2)N(C)C(=O)N1C. The van der Waals surface area contributed by atoms with Gasteiger partial charge in [0.05, 0.1) is 16.5 Å². The average Bonchev–Trinajstić information content (AvgIpc) is 2.48. The van der Waals surface area contributed by atoms with Crippen molar-refractivity contribution in [2.75, 3.05) is 14.1 Å². The molecule has 1 heterocycles. The molecule has 1 N–H and O–H groups in total. The van der Waals surface area contributed by atoms with Crippen LogP contribution in [0.2, 0.25) is 0 Å². The second-order valence-electron chi connectivity index (χ2n) is 5.01. The number of allylic oxidation sites excluding steroid dienone is 1. The number of nitro groups is 1. The number of hydrogen-bond donors (Lipinski definition) is 1. The number of carbonyl (C=O) groups is 2. The van der Waals surface area contributed by atoms with E-state index in [2.05, 4.69) is 0 Å². The quantitative estimate of drug-likeness (QED) is 0.679. The van der Waals surface area contributed by atoms with Gasteiger partial charge in [-0.15, -0.1) is 0 Å². The van der Waals surface area contributed by atoms with Gasteiger partial charge in [-0.3, -0.25) is 10.1 Å². The fourth-order valence-electron chi connectivity index (χ4n) is 2.53. The number of amides is 2. The molecule has 2 amide bonds. The van der Waals surface area contributed by atoms with Gasteiger partial charge in [0.2, 0.25) is 0 Å². The predicted octanol–water partition coefficient (Wildman–Crippen LogP) is 1.99. The summed E-state index contributed by atoms with van der Waals surface area (Å²) >= 11 is 0. The zero-order chi connectivity index (χ0) is 16.6. The largest absolute Gasteiger partial charge is 0.478 e. The van der Waals surface area contributed by atoms with Crippen molar-refractivity contribution < 1.29 is 19.6 Å². The highest BCUT2D eigenvalue weighted by molar-refractivity contribution is 5.93. The van der Waals surface area contributed by atoms with Crippen LogP contribution in [0.25, 0.3) is 0 Å². The Kier molecular flexibility index (Phi) is 3.85. The van der Waals surface area contributed by atoms with Gasteiger partial charge >= 0.3 is 12.0 Å². The van der Waals surface area contributed by atoms with E-state index >= 15 is 0 Å². The summed E-state index contributed by atoms with van der Waals surface area (Å²) in [5.41, 5.74) is 0.562. The zero-order valence-electron chi connectivity index (χ0n) is 12.3. The van der Waals surface area contributed by atoms with Gasteiger partial charge in [-0.2, -0.15) is 0 Å². The minimum absolute atomic E-state index is 0.0186. The minimum Gasteiger partial charge on any atom is -0.478 e. The predicted molar refractivity (Wildman–Crippen MR) is 77.1 cm³/mol. The molecule has 1 aromatic carbocycles. The lowest BCUT2D eigenvalue weighted by atomic mass is 9.93. The Balaban J connectivity index is 2.64. The molecule has 1 aliphatic heterocycles. The van der Waals surface area contributed by atoms with E-state index in [9.17, 15) is 24.8 Å². The molecule has 0 aromatic heterocycles. The number of hydrogen-bond acceptors (Lipinski definition) is 4. The first-order valence-corrected chi connectivity index (χ1v) is 6.44. The third-order valence-corrected chi connectivity index (χ3v) is 3.77. The second-order valence-corrected chi connectivity index (χ2v) is 5.01. The number of urea groups is 1. The van der Waals surface area contributed by atoms with Gasteiger partial charge in [0.1, 0.15) is 0 Å². The number of carbonyl (C=O) groups excluding carboxylic acids is 1. The number of benzene rings is 1. The highest BCUT2D eigenvalue weighted by Crippen LogP contribution is 2.36. The van der Waals surface area contributed by atoms with Crippen molar-refractivity contribution in [3.8, 4) is 0 Å². The maximum absolute atomic E-state index is 12.2. The first kappa shape index (κ1) is 15.5. The lowest BCUT2D eigenvalue weighted by molar-refractivity contribution is -0.384. The van der Waals surface area contributed by atoms with Crippen LogP contribution in [0.4, 0.5) is 10.5 Å². The summed E-state index contributed by atoms with van der Waals surface area (Å²) in [5, 5.41) is 20.4. The summed E-state index contributed by atoms with van der Waals surface area (Å²) in [4.78, 5) is 36.7. The Morgan fingerprint density at radius 1 is 1.36 bits per heavy atom. The highest BCUT2D eigenvalue weighted by atomic mass is 16.6. The number of nitro benzene ring substituents is 1. The zero-order valence-corrected chi connectivity index (χ0v) is 12.3. The number of carboxylic acid groups (broad SMARTS) is 1. The van der Waals surface area contributed by atoms with Crippen molar-refractivity contribution in [2.45, 2.75) is 13.0 Å². The number of aliphatic carboxylic acids is 1. The van der Waals surface area contributed by atoms with E-state index < -0.39 is 16.9 Å². The fourth-order valence-corrected chi connectivity index (χ4v) is 2.53. The van der Waals surface area contributed by atoms with Crippen LogP contribution >= 0.6 is 0 Å². The first-order chi connectivity index (χ1) is 10.3. The Morgan fingerprint density at radius 2 is 2.00 bits per heavy atom. The number of likely N-dealkylation sites (N-methyl/N-ethyl adjacent to an activating group) is 1. The van der Waals surface area contributed by atoms with E-state index in [0.29, 0.717) is 11.3 Å². The van der Waals surface area contributed by atoms with E-state index in [1.54, 1.807) is 13.0 Å². The molecule has 116 valence electrons. The molecule has 0 saturated heterocycles. The monoisotopic (exact) mass is 305 g/mol. The summed E-state index contributed by atoms with van der Waals surface area (Å²) in [6, 6.07) is 4.40. The smallest absolute Gasteiger partial charge is 0.335 e. The van der Waals surface area contributed by atoms with Crippen molar-refractivity contribution >= 4 is 17.7 Å². The lowest BCUT2D eigenvalue weighted by Gasteiger charge is -2.38. The Hall–Kier alpha value is -2.90. The van der Waals surface area contributed by atoms with Gasteiger partial charge in [-0.1, -0.05) is 12.1 Å². The molecule has 1 atom stereocenters. The summed E-state index contributed by atoms with van der Waals surface area (Å²) in [6.07, 6.45) is 0. The third kappa shape index (κ3) is 2.39. The Bertz CT molecular complexity index is 697. The number of nitrogens with zero attached hydrogens (tertiary/aromatic N) is 3. The van der Waals surface area contributed by atoms with Gasteiger partial charge in [0.25, 0.3) is 5.69 Å². The third-order valence-electron chi connectivity index (χ3n) is 3.77. The standard InChI is InChI=1S/C14H15N3O5/c1-8-11(13(18)19)12(16(3)14(20)15(8)2)9-5-4-6-10(7-9)17(21)22/h4-7,12H,1-3H3,(H,18,19)/t12-/m1/s1. The summed E-state index contributed by atoms with van der Waals surface area (Å²) in [7, 11) is 2.96. The van der Waals surface area contributed by atoms with E-state index in [0.717, 1.165) is 0 Å². The van der Waals surface area contributed by atoms with Crippen molar-refractivity contribution in [2.24, 2.45) is 0 Å². The molecular formula is C14H15N3O5. The molecule has 8 heteroatoms. The van der Waals surface area contributed by atoms with Crippen molar-refractivity contribution in [1.29, 1.82) is 0 Å². The molecule has 8 nitrogen and oxygen atoms in total. The number of rotatable bonds is 3. The van der Waals surface area contributed by atoms with Gasteiger partial charge in [-0.25, -0.2) is 9.59 Å². The lowest BCUT2D eigenvalue weighted by Crippen LogP contribution is -2.47. The fraction of sp³-hybridized carbons (Fsp3) is 0.286. The summed E-state index contributed by atoms with van der Waals surface area (Å²) in [5.74, 6) is -1.17. The van der Waals surface area contributed by atoms with E-state index in [1.165, 1.54) is 42.1 Å². The summed E-state index contributed by atoms with van der Waals surface area (Å²) in [6.45, 7) is 1.54. The molecule has 22 heavy (non-hydrogen) atoms. The number of carboxylic acids is 1. The van der Waals surface area contributed by atoms with E-state index in [4.69, 9.17) is 0 Å². The number of non-ortho nitro benzene ring substituents is 1.